The average molecular weight is 347 g/mol. The highest BCUT2D eigenvalue weighted by Gasteiger charge is 2.22. The summed E-state index contributed by atoms with van der Waals surface area (Å²) in [6.45, 7) is 2.55. The van der Waals surface area contributed by atoms with Crippen molar-refractivity contribution in [2.75, 3.05) is 5.32 Å². The van der Waals surface area contributed by atoms with Gasteiger partial charge in [0.15, 0.2) is 0 Å². The minimum absolute atomic E-state index is 0.0622. The number of carbonyl (C=O) groups excluding carboxylic acids is 1. The Hall–Kier alpha value is -3.15. The van der Waals surface area contributed by atoms with Crippen LogP contribution < -0.4 is 10.6 Å². The second-order valence-corrected chi connectivity index (χ2v) is 6.53. The number of rotatable bonds is 3. The molecule has 6 nitrogen and oxygen atoms in total. The number of aromatic nitrogens is 3. The van der Waals surface area contributed by atoms with Gasteiger partial charge in [0.25, 0.3) is 0 Å². The Morgan fingerprint density at radius 2 is 1.81 bits per heavy atom. The Kier molecular flexibility index (Phi) is 4.39. The van der Waals surface area contributed by atoms with Crippen LogP contribution in [0.25, 0.3) is 11.1 Å². The molecule has 2 N–H and O–H groups in total. The average Bonchev–Trinajstić information content (AvgIpc) is 3.02. The summed E-state index contributed by atoms with van der Waals surface area (Å²) in [7, 11) is 0. The largest absolute Gasteiger partial charge is 0.333 e. The van der Waals surface area contributed by atoms with E-state index in [-0.39, 0.29) is 12.1 Å². The second kappa shape index (κ2) is 7.00. The van der Waals surface area contributed by atoms with E-state index in [4.69, 9.17) is 0 Å². The third-order valence-electron chi connectivity index (χ3n) is 4.55. The lowest BCUT2D eigenvalue weighted by atomic mass is 10.1. The second-order valence-electron chi connectivity index (χ2n) is 6.53. The van der Waals surface area contributed by atoms with Gasteiger partial charge in [-0.25, -0.2) is 14.5 Å². The van der Waals surface area contributed by atoms with Gasteiger partial charge in [-0.3, -0.25) is 0 Å². The number of fused-ring (bicyclic) bond motifs is 1. The number of carbonyl (C=O) groups is 1. The normalized spacial score (nSPS) is 16.0. The Morgan fingerprint density at radius 3 is 2.58 bits per heavy atom. The zero-order valence-electron chi connectivity index (χ0n) is 14.6. The maximum Gasteiger partial charge on any atom is 0.319 e. The summed E-state index contributed by atoms with van der Waals surface area (Å²) in [6, 6.07) is 17.9. The molecule has 4 rings (SSSR count). The zero-order chi connectivity index (χ0) is 17.9. The smallest absolute Gasteiger partial charge is 0.319 e. The molecule has 0 fully saturated rings. The molecule has 1 aliphatic rings. The Bertz CT molecular complexity index is 902. The van der Waals surface area contributed by atoms with E-state index in [0.29, 0.717) is 6.54 Å². The molecule has 2 amide bonds. The van der Waals surface area contributed by atoms with Crippen molar-refractivity contribution in [3.8, 4) is 11.1 Å². The molecule has 2 aromatic carbocycles. The van der Waals surface area contributed by atoms with Gasteiger partial charge in [-0.15, -0.1) is 0 Å². The van der Waals surface area contributed by atoms with Crippen molar-refractivity contribution in [2.45, 2.75) is 32.4 Å². The third-order valence-corrected chi connectivity index (χ3v) is 4.55. The zero-order valence-corrected chi connectivity index (χ0v) is 14.6. The van der Waals surface area contributed by atoms with Crippen LogP contribution in [0, 0.1) is 6.92 Å². The van der Waals surface area contributed by atoms with Crippen LogP contribution in [0.2, 0.25) is 0 Å². The Labute approximate surface area is 152 Å². The minimum Gasteiger partial charge on any atom is -0.333 e. The van der Waals surface area contributed by atoms with Crippen LogP contribution in [0.15, 0.2) is 54.6 Å². The fraction of sp³-hybridized carbons (Fsp3) is 0.250. The first-order valence-electron chi connectivity index (χ1n) is 8.81. The van der Waals surface area contributed by atoms with Gasteiger partial charge in [0.1, 0.15) is 11.6 Å². The fourth-order valence-corrected chi connectivity index (χ4v) is 3.28. The molecule has 0 saturated carbocycles. The van der Waals surface area contributed by atoms with Crippen LogP contribution in [-0.4, -0.2) is 26.8 Å². The van der Waals surface area contributed by atoms with Crippen molar-refractivity contribution < 1.29 is 4.79 Å². The molecule has 0 saturated heterocycles. The predicted molar refractivity (Wildman–Crippen MR) is 101 cm³/mol. The maximum absolute atomic E-state index is 12.3. The lowest BCUT2D eigenvalue weighted by molar-refractivity contribution is 0.243. The van der Waals surface area contributed by atoms with E-state index in [9.17, 15) is 4.79 Å². The molecule has 1 aromatic heterocycles. The molecule has 0 aliphatic carbocycles. The van der Waals surface area contributed by atoms with E-state index < -0.39 is 0 Å². The van der Waals surface area contributed by atoms with E-state index in [1.54, 1.807) is 0 Å². The molecule has 26 heavy (non-hydrogen) atoms. The summed E-state index contributed by atoms with van der Waals surface area (Å²) in [5.41, 5.74) is 3.05. The molecule has 0 bridgehead atoms. The van der Waals surface area contributed by atoms with Crippen molar-refractivity contribution in [1.82, 2.24) is 20.1 Å². The van der Waals surface area contributed by atoms with Crippen LogP contribution >= 0.6 is 0 Å². The van der Waals surface area contributed by atoms with E-state index in [1.807, 2.05) is 54.1 Å². The summed E-state index contributed by atoms with van der Waals surface area (Å²) >= 11 is 0. The predicted octanol–water partition coefficient (Wildman–Crippen LogP) is 3.39. The number of nitrogens with zero attached hydrogens (tertiary/aromatic N) is 3. The van der Waals surface area contributed by atoms with E-state index in [0.717, 1.165) is 41.3 Å². The van der Waals surface area contributed by atoms with Gasteiger partial charge >= 0.3 is 6.03 Å². The highest BCUT2D eigenvalue weighted by atomic mass is 16.2. The Morgan fingerprint density at radius 1 is 1.08 bits per heavy atom. The number of hydrogen-bond donors (Lipinski definition) is 2. The van der Waals surface area contributed by atoms with Gasteiger partial charge in [0, 0.05) is 12.1 Å². The number of amides is 2. The number of nitrogens with one attached hydrogen (secondary N) is 2. The van der Waals surface area contributed by atoms with E-state index >= 15 is 0 Å². The fourth-order valence-electron chi connectivity index (χ4n) is 3.28. The standard InChI is InChI=1S/C20H21N5O/c1-14-21-19-12-11-18(13-25(19)24-14)23-20(26)22-17-9-7-16(8-10-17)15-5-3-2-4-6-15/h2-10,18H,11-13H2,1H3,(H2,22,23,26)/t18-/m1/s1. The van der Waals surface area contributed by atoms with Crippen molar-refractivity contribution in [1.29, 1.82) is 0 Å². The summed E-state index contributed by atoms with van der Waals surface area (Å²) < 4.78 is 1.89. The summed E-state index contributed by atoms with van der Waals surface area (Å²) in [4.78, 5) is 16.7. The summed E-state index contributed by atoms with van der Waals surface area (Å²) in [5, 5.41) is 10.3. The monoisotopic (exact) mass is 347 g/mol. The summed E-state index contributed by atoms with van der Waals surface area (Å²) in [6.07, 6.45) is 1.70. The van der Waals surface area contributed by atoms with Gasteiger partial charge in [0.05, 0.1) is 12.6 Å². The quantitative estimate of drug-likeness (QED) is 0.763. The van der Waals surface area contributed by atoms with Crippen LogP contribution in [0.1, 0.15) is 18.1 Å². The van der Waals surface area contributed by atoms with Gasteiger partial charge in [-0.05, 0) is 36.6 Å². The first-order chi connectivity index (χ1) is 12.7. The minimum atomic E-state index is -0.192. The molecule has 0 unspecified atom stereocenters. The molecule has 0 spiro atoms. The van der Waals surface area contributed by atoms with Crippen LogP contribution in [0.4, 0.5) is 10.5 Å². The topological polar surface area (TPSA) is 71.8 Å². The van der Waals surface area contributed by atoms with Crippen molar-refractivity contribution in [3.63, 3.8) is 0 Å². The van der Waals surface area contributed by atoms with Crippen molar-refractivity contribution in [3.05, 3.63) is 66.2 Å². The first-order valence-corrected chi connectivity index (χ1v) is 8.81. The first kappa shape index (κ1) is 16.3. The number of aryl methyl sites for hydroxylation is 2. The number of anilines is 1. The molecule has 1 atom stereocenters. The van der Waals surface area contributed by atoms with E-state index in [1.165, 1.54) is 0 Å². The lowest BCUT2D eigenvalue weighted by Crippen LogP contribution is -2.43. The molecular weight excluding hydrogens is 326 g/mol. The molecule has 1 aliphatic heterocycles. The van der Waals surface area contributed by atoms with Crippen LogP contribution in [0.3, 0.4) is 0 Å². The number of benzene rings is 2. The SMILES string of the molecule is Cc1nc2n(n1)C[C@H](NC(=O)Nc1ccc(-c3ccccc3)cc1)CC2. The van der Waals surface area contributed by atoms with Gasteiger partial charge in [0.2, 0.25) is 0 Å². The summed E-state index contributed by atoms with van der Waals surface area (Å²) in [5.74, 6) is 1.78. The highest BCUT2D eigenvalue weighted by Crippen LogP contribution is 2.21. The number of urea groups is 1. The van der Waals surface area contributed by atoms with E-state index in [2.05, 4.69) is 32.8 Å². The molecule has 2 heterocycles. The van der Waals surface area contributed by atoms with Crippen molar-refractivity contribution >= 4 is 11.7 Å². The van der Waals surface area contributed by atoms with Crippen molar-refractivity contribution in [2.24, 2.45) is 0 Å². The molecular formula is C20H21N5O. The van der Waals surface area contributed by atoms with Crippen LogP contribution in [-0.2, 0) is 13.0 Å². The maximum atomic E-state index is 12.3. The van der Waals surface area contributed by atoms with Gasteiger partial charge < -0.3 is 10.6 Å². The molecule has 0 radical (unpaired) electrons. The highest BCUT2D eigenvalue weighted by molar-refractivity contribution is 5.89. The van der Waals surface area contributed by atoms with Crippen LogP contribution in [0.5, 0.6) is 0 Å². The number of hydrogen-bond acceptors (Lipinski definition) is 3. The van der Waals surface area contributed by atoms with Gasteiger partial charge in [-0.1, -0.05) is 42.5 Å². The molecule has 3 aromatic rings. The third kappa shape index (κ3) is 3.59. The van der Waals surface area contributed by atoms with Gasteiger partial charge in [-0.2, -0.15) is 5.10 Å². The lowest BCUT2D eigenvalue weighted by Gasteiger charge is -2.23. The molecule has 6 heteroatoms. The Balaban J connectivity index is 1.35. The molecule has 132 valence electrons.